The van der Waals surface area contributed by atoms with Gasteiger partial charge in [-0.25, -0.2) is 26.6 Å². The molecule has 1 fully saturated rings. The topological polar surface area (TPSA) is 65.6 Å². The van der Waals surface area contributed by atoms with Gasteiger partial charge in [0.05, 0.1) is 24.1 Å². The first-order chi connectivity index (χ1) is 19.5. The first kappa shape index (κ1) is 30.1. The van der Waals surface area contributed by atoms with E-state index in [2.05, 4.69) is 15.2 Å². The number of alkyl halides is 4. The molecule has 1 saturated carbocycles. The van der Waals surface area contributed by atoms with Gasteiger partial charge in [0.1, 0.15) is 11.5 Å². The van der Waals surface area contributed by atoms with Crippen LogP contribution in [-0.4, -0.2) is 24.5 Å². The van der Waals surface area contributed by atoms with Crippen LogP contribution < -0.4 is 5.56 Å². The number of aromatic nitrogens is 5. The van der Waals surface area contributed by atoms with Crippen molar-refractivity contribution in [1.82, 2.24) is 24.5 Å². The van der Waals surface area contributed by atoms with Gasteiger partial charge in [-0.1, -0.05) is 31.4 Å². The van der Waals surface area contributed by atoms with Gasteiger partial charge in [0.15, 0.2) is 0 Å². The lowest BCUT2D eigenvalue weighted by Crippen LogP contribution is -2.30. The highest BCUT2D eigenvalue weighted by Crippen LogP contribution is 2.35. The molecule has 0 spiro atoms. The smallest absolute Gasteiger partial charge is 0.267 e. The molecule has 3 aromatic heterocycles. The first-order valence-corrected chi connectivity index (χ1v) is 13.4. The molecule has 41 heavy (non-hydrogen) atoms. The van der Waals surface area contributed by atoms with Gasteiger partial charge >= 0.3 is 0 Å². The van der Waals surface area contributed by atoms with Crippen molar-refractivity contribution in [2.75, 3.05) is 0 Å². The molecule has 218 valence electrons. The maximum absolute atomic E-state index is 14.1. The molecule has 5 rings (SSSR count). The van der Waals surface area contributed by atoms with Crippen LogP contribution in [0.1, 0.15) is 79.4 Å². The normalized spacial score (nSPS) is 14.2. The van der Waals surface area contributed by atoms with Crippen molar-refractivity contribution < 1.29 is 22.0 Å². The quantitative estimate of drug-likeness (QED) is 0.227. The number of aryl methyl sites for hydroxylation is 2. The van der Waals surface area contributed by atoms with E-state index in [1.54, 1.807) is 12.1 Å². The third-order valence-corrected chi connectivity index (χ3v) is 7.16. The molecule has 1 aliphatic rings. The summed E-state index contributed by atoms with van der Waals surface area (Å²) < 4.78 is 70.0. The zero-order chi connectivity index (χ0) is 29.7. The lowest BCUT2D eigenvalue weighted by Gasteiger charge is -2.23. The van der Waals surface area contributed by atoms with Crippen LogP contribution in [0.25, 0.3) is 11.3 Å². The number of hydrogen-bond acceptors (Lipinski definition) is 4. The van der Waals surface area contributed by atoms with Crippen molar-refractivity contribution in [3.8, 4) is 11.3 Å². The van der Waals surface area contributed by atoms with E-state index in [4.69, 9.17) is 0 Å². The summed E-state index contributed by atoms with van der Waals surface area (Å²) in [5.74, 6) is -3.37. The minimum atomic E-state index is -3.16. The summed E-state index contributed by atoms with van der Waals surface area (Å²) in [6.45, 7) is 2.33. The number of halogens is 5. The fraction of sp³-hybridized carbons (Fsp3) is 0.400. The average Bonchev–Trinajstić information content (AvgIpc) is 3.32. The standard InChI is InChI=1S/C23H25F4N5O.C7H7F/c1-23(26,27)17-9-6-10-28-19(17)13-32-22(33)15(14-7-4-3-5-8-14)11-18(30-32)16-12-29-31(2)20(16)21(24)25;1-6-3-2-4-7(8)5-6/h6,9-12,14,21H,3-5,7-8,13H2,1-2H3;2-5H,1H3. The second-order valence-electron chi connectivity index (χ2n) is 10.3. The average molecular weight is 574 g/mol. The van der Waals surface area contributed by atoms with Crippen LogP contribution in [0.2, 0.25) is 0 Å². The van der Waals surface area contributed by atoms with Crippen LogP contribution >= 0.6 is 0 Å². The molecule has 1 aliphatic carbocycles. The van der Waals surface area contributed by atoms with Crippen molar-refractivity contribution in [1.29, 1.82) is 0 Å². The van der Waals surface area contributed by atoms with E-state index >= 15 is 0 Å². The summed E-state index contributed by atoms with van der Waals surface area (Å²) in [6.07, 6.45) is 4.46. The van der Waals surface area contributed by atoms with Crippen LogP contribution in [-0.2, 0) is 19.5 Å². The monoisotopic (exact) mass is 573 g/mol. The van der Waals surface area contributed by atoms with E-state index in [-0.39, 0.29) is 46.5 Å². The zero-order valence-corrected chi connectivity index (χ0v) is 23.1. The molecule has 1 aromatic carbocycles. The maximum atomic E-state index is 14.1. The van der Waals surface area contributed by atoms with Gasteiger partial charge in [-0.2, -0.15) is 10.2 Å². The molecule has 0 aliphatic heterocycles. The molecule has 0 amide bonds. The summed E-state index contributed by atoms with van der Waals surface area (Å²) in [4.78, 5) is 17.4. The van der Waals surface area contributed by atoms with E-state index < -0.39 is 17.9 Å². The van der Waals surface area contributed by atoms with Crippen LogP contribution in [0.5, 0.6) is 0 Å². The fourth-order valence-electron chi connectivity index (χ4n) is 5.12. The Labute approximate surface area is 234 Å². The summed E-state index contributed by atoms with van der Waals surface area (Å²) in [5, 5.41) is 8.24. The minimum absolute atomic E-state index is 0.00612. The summed E-state index contributed by atoms with van der Waals surface area (Å²) in [6, 6.07) is 10.7. The van der Waals surface area contributed by atoms with Gasteiger partial charge in [0.25, 0.3) is 17.9 Å². The minimum Gasteiger partial charge on any atom is -0.267 e. The van der Waals surface area contributed by atoms with Crippen LogP contribution in [0.3, 0.4) is 0 Å². The predicted octanol–water partition coefficient (Wildman–Crippen LogP) is 7.32. The molecule has 0 unspecified atom stereocenters. The number of nitrogens with zero attached hydrogens (tertiary/aromatic N) is 5. The van der Waals surface area contributed by atoms with Crippen LogP contribution in [0.15, 0.2) is 59.7 Å². The van der Waals surface area contributed by atoms with E-state index in [1.165, 1.54) is 43.7 Å². The molecule has 3 heterocycles. The SMILES string of the molecule is Cc1cccc(F)c1.Cn1ncc(-c2cc(C3CCCCC3)c(=O)n(Cc3ncccc3C(C)(F)F)n2)c1C(F)F. The highest BCUT2D eigenvalue weighted by Gasteiger charge is 2.30. The Bertz CT molecular complexity index is 1520. The molecular formula is C30H32F5N5O. The molecule has 0 atom stereocenters. The number of pyridine rings is 1. The highest BCUT2D eigenvalue weighted by molar-refractivity contribution is 5.62. The van der Waals surface area contributed by atoms with Gasteiger partial charge in [-0.05, 0) is 61.6 Å². The summed E-state index contributed by atoms with van der Waals surface area (Å²) >= 11 is 0. The Hall–Kier alpha value is -3.89. The molecule has 4 aromatic rings. The molecule has 11 heteroatoms. The van der Waals surface area contributed by atoms with Crippen molar-refractivity contribution in [3.05, 3.63) is 99.1 Å². The maximum Gasteiger partial charge on any atom is 0.280 e. The van der Waals surface area contributed by atoms with Gasteiger partial charge < -0.3 is 0 Å². The van der Waals surface area contributed by atoms with Gasteiger partial charge in [-0.15, -0.1) is 0 Å². The van der Waals surface area contributed by atoms with Gasteiger partial charge in [-0.3, -0.25) is 14.5 Å². The van der Waals surface area contributed by atoms with E-state index in [0.29, 0.717) is 5.56 Å². The number of benzene rings is 1. The van der Waals surface area contributed by atoms with Crippen LogP contribution in [0.4, 0.5) is 22.0 Å². The van der Waals surface area contributed by atoms with Gasteiger partial charge in [0.2, 0.25) is 0 Å². The van der Waals surface area contributed by atoms with Crippen molar-refractivity contribution in [2.45, 2.75) is 70.8 Å². The lowest BCUT2D eigenvalue weighted by molar-refractivity contribution is 0.0159. The Morgan fingerprint density at radius 3 is 2.41 bits per heavy atom. The molecule has 0 N–H and O–H groups in total. The summed E-state index contributed by atoms with van der Waals surface area (Å²) in [7, 11) is 1.41. The predicted molar refractivity (Wildman–Crippen MR) is 146 cm³/mol. The van der Waals surface area contributed by atoms with E-state index in [1.807, 2.05) is 13.0 Å². The third kappa shape index (κ3) is 7.25. The lowest BCUT2D eigenvalue weighted by atomic mass is 9.84. The first-order valence-electron chi connectivity index (χ1n) is 13.4. The molecule has 6 nitrogen and oxygen atoms in total. The van der Waals surface area contributed by atoms with Crippen molar-refractivity contribution >= 4 is 0 Å². The fourth-order valence-corrected chi connectivity index (χ4v) is 5.12. The van der Waals surface area contributed by atoms with Crippen molar-refractivity contribution in [2.24, 2.45) is 7.05 Å². The Balaban J connectivity index is 0.000000417. The van der Waals surface area contributed by atoms with E-state index in [0.717, 1.165) is 54.0 Å². The molecule has 0 saturated heterocycles. The second-order valence-corrected chi connectivity index (χ2v) is 10.3. The Morgan fingerprint density at radius 1 is 1.07 bits per heavy atom. The second kappa shape index (κ2) is 12.7. The molecule has 0 radical (unpaired) electrons. The largest absolute Gasteiger partial charge is 0.280 e. The zero-order valence-electron chi connectivity index (χ0n) is 23.1. The van der Waals surface area contributed by atoms with Crippen LogP contribution in [0, 0.1) is 12.7 Å². The van der Waals surface area contributed by atoms with E-state index in [9.17, 15) is 26.7 Å². The van der Waals surface area contributed by atoms with Crippen molar-refractivity contribution in [3.63, 3.8) is 0 Å². The number of rotatable bonds is 6. The summed E-state index contributed by atoms with van der Waals surface area (Å²) in [5.41, 5.74) is 0.670. The Kier molecular flexibility index (Phi) is 9.35. The molecular weight excluding hydrogens is 541 g/mol. The Morgan fingerprint density at radius 2 is 1.80 bits per heavy atom. The third-order valence-electron chi connectivity index (χ3n) is 7.16. The van der Waals surface area contributed by atoms with Gasteiger partial charge in [0, 0.05) is 36.9 Å². The molecule has 0 bridgehead atoms. The highest BCUT2D eigenvalue weighted by atomic mass is 19.3. The number of hydrogen-bond donors (Lipinski definition) is 0.